The molecule has 0 aliphatic heterocycles. The second-order valence-electron chi connectivity index (χ2n) is 5.96. The molecule has 0 atom stereocenters. The minimum Gasteiger partial charge on any atom is -0.450 e. The molecule has 0 fully saturated rings. The maximum atomic E-state index is 13.0. The average Bonchev–Trinajstić information content (AvgIpc) is 3.22. The van der Waals surface area contributed by atoms with Crippen molar-refractivity contribution in [3.05, 3.63) is 77.8 Å². The van der Waals surface area contributed by atoms with Crippen molar-refractivity contribution in [1.29, 1.82) is 0 Å². The van der Waals surface area contributed by atoms with Crippen LogP contribution in [0.15, 0.2) is 65.1 Å². The van der Waals surface area contributed by atoms with Crippen LogP contribution in [-0.2, 0) is 9.53 Å². The number of carbonyl (C=O) groups excluding carboxylic acids is 3. The van der Waals surface area contributed by atoms with Gasteiger partial charge in [-0.1, -0.05) is 6.07 Å². The summed E-state index contributed by atoms with van der Waals surface area (Å²) in [6, 6.07) is 14.9. The molecule has 3 rings (SSSR count). The molecule has 2 N–H and O–H groups in total. The molecule has 1 aromatic heterocycles. The second-order valence-corrected chi connectivity index (χ2v) is 5.96. The number of anilines is 1. The molecule has 0 saturated carbocycles. The highest BCUT2D eigenvalue weighted by Gasteiger charge is 2.16. The van der Waals surface area contributed by atoms with Gasteiger partial charge in [-0.3, -0.25) is 9.59 Å². The molecule has 2 aromatic carbocycles. The van der Waals surface area contributed by atoms with E-state index in [1.165, 1.54) is 43.4 Å². The Morgan fingerprint density at radius 1 is 1.03 bits per heavy atom. The standard InChI is InChI=1S/C21H17FN2O5/c1-23-20(26)14-3-2-4-16(11-14)24-19(25)12-28-21(27)18-10-9-17(29-18)13-5-7-15(22)8-6-13/h2-11H,12H2,1H3,(H,23,26)(H,24,25). The summed E-state index contributed by atoms with van der Waals surface area (Å²) in [5.74, 6) is -1.77. The van der Waals surface area contributed by atoms with Gasteiger partial charge in [0.25, 0.3) is 11.8 Å². The van der Waals surface area contributed by atoms with Crippen molar-refractivity contribution in [1.82, 2.24) is 5.32 Å². The molecule has 0 unspecified atom stereocenters. The Balaban J connectivity index is 1.56. The maximum absolute atomic E-state index is 13.0. The summed E-state index contributed by atoms with van der Waals surface area (Å²) in [5.41, 5.74) is 1.37. The summed E-state index contributed by atoms with van der Waals surface area (Å²) < 4.78 is 23.3. The number of carbonyl (C=O) groups is 3. The van der Waals surface area contributed by atoms with Crippen LogP contribution in [-0.4, -0.2) is 31.4 Å². The number of rotatable bonds is 6. The lowest BCUT2D eigenvalue weighted by molar-refractivity contribution is -0.119. The number of hydrogen-bond donors (Lipinski definition) is 2. The van der Waals surface area contributed by atoms with Crippen molar-refractivity contribution in [2.24, 2.45) is 0 Å². The number of amides is 2. The maximum Gasteiger partial charge on any atom is 0.374 e. The van der Waals surface area contributed by atoms with Gasteiger partial charge in [-0.05, 0) is 54.6 Å². The van der Waals surface area contributed by atoms with Gasteiger partial charge in [-0.2, -0.15) is 0 Å². The summed E-state index contributed by atoms with van der Waals surface area (Å²) in [4.78, 5) is 35.7. The summed E-state index contributed by atoms with van der Waals surface area (Å²) >= 11 is 0. The van der Waals surface area contributed by atoms with E-state index in [1.54, 1.807) is 24.3 Å². The van der Waals surface area contributed by atoms with Gasteiger partial charge in [-0.25, -0.2) is 9.18 Å². The van der Waals surface area contributed by atoms with Crippen molar-refractivity contribution in [3.8, 4) is 11.3 Å². The first-order chi connectivity index (χ1) is 14.0. The van der Waals surface area contributed by atoms with Crippen LogP contribution in [0, 0.1) is 5.82 Å². The fourth-order valence-corrected chi connectivity index (χ4v) is 2.50. The van der Waals surface area contributed by atoms with E-state index in [4.69, 9.17) is 9.15 Å². The van der Waals surface area contributed by atoms with Crippen LogP contribution < -0.4 is 10.6 Å². The number of esters is 1. The predicted molar refractivity (Wildman–Crippen MR) is 103 cm³/mol. The molecule has 0 saturated heterocycles. The summed E-state index contributed by atoms with van der Waals surface area (Å²) in [6.45, 7) is -0.532. The van der Waals surface area contributed by atoms with E-state index in [1.807, 2.05) is 0 Å². The number of ether oxygens (including phenoxy) is 1. The van der Waals surface area contributed by atoms with E-state index in [0.29, 0.717) is 22.6 Å². The molecule has 0 radical (unpaired) electrons. The summed E-state index contributed by atoms with van der Waals surface area (Å²) in [7, 11) is 1.50. The minimum absolute atomic E-state index is 0.0845. The highest BCUT2D eigenvalue weighted by atomic mass is 19.1. The zero-order chi connectivity index (χ0) is 20.8. The molecule has 2 amide bonds. The molecule has 0 bridgehead atoms. The van der Waals surface area contributed by atoms with Gasteiger partial charge in [0.15, 0.2) is 6.61 Å². The van der Waals surface area contributed by atoms with E-state index in [2.05, 4.69) is 10.6 Å². The largest absolute Gasteiger partial charge is 0.450 e. The van der Waals surface area contributed by atoms with Crippen molar-refractivity contribution < 1.29 is 27.9 Å². The molecule has 8 heteroatoms. The van der Waals surface area contributed by atoms with Crippen LogP contribution >= 0.6 is 0 Å². The molecule has 1 heterocycles. The number of hydrogen-bond acceptors (Lipinski definition) is 5. The van der Waals surface area contributed by atoms with Crippen molar-refractivity contribution in [2.75, 3.05) is 19.0 Å². The molecule has 0 spiro atoms. The summed E-state index contributed by atoms with van der Waals surface area (Å²) in [5, 5.41) is 5.03. The van der Waals surface area contributed by atoms with Crippen LogP contribution in [0.2, 0.25) is 0 Å². The van der Waals surface area contributed by atoms with Crippen LogP contribution in [0.3, 0.4) is 0 Å². The first-order valence-corrected chi connectivity index (χ1v) is 8.61. The van der Waals surface area contributed by atoms with E-state index >= 15 is 0 Å². The van der Waals surface area contributed by atoms with Gasteiger partial charge in [0.05, 0.1) is 0 Å². The Morgan fingerprint density at radius 3 is 2.52 bits per heavy atom. The molecule has 3 aromatic rings. The number of nitrogens with one attached hydrogen (secondary N) is 2. The average molecular weight is 396 g/mol. The summed E-state index contributed by atoms with van der Waals surface area (Å²) in [6.07, 6.45) is 0. The van der Waals surface area contributed by atoms with E-state index in [9.17, 15) is 18.8 Å². The fraction of sp³-hybridized carbons (Fsp3) is 0.0952. The van der Waals surface area contributed by atoms with Crippen molar-refractivity contribution in [2.45, 2.75) is 0 Å². The zero-order valence-corrected chi connectivity index (χ0v) is 15.4. The number of furan rings is 1. The number of halogens is 1. The van der Waals surface area contributed by atoms with Gasteiger partial charge in [0.1, 0.15) is 11.6 Å². The Hall–Kier alpha value is -3.94. The highest BCUT2D eigenvalue weighted by molar-refractivity contribution is 5.98. The second kappa shape index (κ2) is 8.83. The zero-order valence-electron chi connectivity index (χ0n) is 15.4. The van der Waals surface area contributed by atoms with Crippen molar-refractivity contribution >= 4 is 23.5 Å². The third-order valence-corrected chi connectivity index (χ3v) is 3.91. The molecule has 29 heavy (non-hydrogen) atoms. The number of benzene rings is 2. The minimum atomic E-state index is -0.812. The molecular weight excluding hydrogens is 379 g/mol. The van der Waals surface area contributed by atoms with E-state index in [-0.39, 0.29) is 17.5 Å². The molecule has 148 valence electrons. The Bertz CT molecular complexity index is 1040. The lowest BCUT2D eigenvalue weighted by Gasteiger charge is -2.07. The van der Waals surface area contributed by atoms with Crippen LogP contribution in [0.5, 0.6) is 0 Å². The molecule has 0 aliphatic rings. The first kappa shape index (κ1) is 19.8. The fourth-order valence-electron chi connectivity index (χ4n) is 2.50. The molecular formula is C21H17FN2O5. The van der Waals surface area contributed by atoms with Gasteiger partial charge < -0.3 is 19.8 Å². The van der Waals surface area contributed by atoms with Gasteiger partial charge in [0, 0.05) is 23.9 Å². The lowest BCUT2D eigenvalue weighted by Crippen LogP contribution is -2.21. The van der Waals surface area contributed by atoms with Gasteiger partial charge >= 0.3 is 5.97 Å². The Kier molecular flexibility index (Phi) is 6.03. The molecule has 0 aliphatic carbocycles. The van der Waals surface area contributed by atoms with E-state index in [0.717, 1.165) is 0 Å². The third-order valence-electron chi connectivity index (χ3n) is 3.91. The third kappa shape index (κ3) is 5.07. The SMILES string of the molecule is CNC(=O)c1cccc(NC(=O)COC(=O)c2ccc(-c3ccc(F)cc3)o2)c1. The van der Waals surface area contributed by atoms with Crippen molar-refractivity contribution in [3.63, 3.8) is 0 Å². The Morgan fingerprint density at radius 2 is 1.79 bits per heavy atom. The predicted octanol–water partition coefficient (Wildman–Crippen LogP) is 3.24. The lowest BCUT2D eigenvalue weighted by atomic mass is 10.2. The van der Waals surface area contributed by atoms with Gasteiger partial charge in [-0.15, -0.1) is 0 Å². The Labute approximate surface area is 165 Å². The quantitative estimate of drug-likeness (QED) is 0.624. The highest BCUT2D eigenvalue weighted by Crippen LogP contribution is 2.22. The smallest absolute Gasteiger partial charge is 0.374 e. The topological polar surface area (TPSA) is 97.6 Å². The van der Waals surface area contributed by atoms with E-state index < -0.39 is 18.5 Å². The molecule has 7 nitrogen and oxygen atoms in total. The monoisotopic (exact) mass is 396 g/mol. The first-order valence-electron chi connectivity index (χ1n) is 8.61. The van der Waals surface area contributed by atoms with Crippen LogP contribution in [0.25, 0.3) is 11.3 Å². The normalized spacial score (nSPS) is 10.3. The van der Waals surface area contributed by atoms with Gasteiger partial charge in [0.2, 0.25) is 5.76 Å². The van der Waals surface area contributed by atoms with Crippen LogP contribution in [0.1, 0.15) is 20.9 Å². The van der Waals surface area contributed by atoms with Crippen LogP contribution in [0.4, 0.5) is 10.1 Å².